The highest BCUT2D eigenvalue weighted by molar-refractivity contribution is 6.35. The van der Waals surface area contributed by atoms with Crippen LogP contribution in [0.25, 0.3) is 0 Å². The van der Waals surface area contributed by atoms with Gasteiger partial charge < -0.3 is 15.2 Å². The van der Waals surface area contributed by atoms with Crippen LogP contribution in [0.2, 0.25) is 10.0 Å². The lowest BCUT2D eigenvalue weighted by Gasteiger charge is -2.08. The Morgan fingerprint density at radius 3 is 2.80 bits per heavy atom. The molecule has 0 atom stereocenters. The van der Waals surface area contributed by atoms with Crippen LogP contribution in [0.1, 0.15) is 10.5 Å². The van der Waals surface area contributed by atoms with Gasteiger partial charge in [-0.15, -0.1) is 0 Å². The fraction of sp³-hybridized carbons (Fsp3) is 0.0588. The third-order valence-electron chi connectivity index (χ3n) is 3.22. The number of amides is 1. The van der Waals surface area contributed by atoms with Crippen molar-refractivity contribution in [3.63, 3.8) is 0 Å². The van der Waals surface area contributed by atoms with E-state index in [1.54, 1.807) is 42.6 Å². The molecule has 0 saturated carbocycles. The maximum Gasteiger partial charge on any atom is 0.276 e. The van der Waals surface area contributed by atoms with E-state index in [0.717, 1.165) is 0 Å². The largest absolute Gasteiger partial charge is 0.508 e. The summed E-state index contributed by atoms with van der Waals surface area (Å²) in [6.07, 6.45) is 1.61. The summed E-state index contributed by atoms with van der Waals surface area (Å²) in [4.78, 5) is 12.2. The maximum atomic E-state index is 12.2. The molecule has 0 unspecified atom stereocenters. The summed E-state index contributed by atoms with van der Waals surface area (Å²) in [5.41, 5.74) is 0.692. The predicted octanol–water partition coefficient (Wildman–Crippen LogP) is 4.18. The van der Waals surface area contributed by atoms with Gasteiger partial charge in [-0.3, -0.25) is 4.79 Å². The molecule has 8 heteroatoms. The normalized spacial score (nSPS) is 10.5. The molecule has 0 aliphatic rings. The second-order valence-electron chi connectivity index (χ2n) is 5.09. The van der Waals surface area contributed by atoms with E-state index in [2.05, 4.69) is 10.4 Å². The van der Waals surface area contributed by atoms with Crippen LogP contribution in [0.4, 0.5) is 5.69 Å². The average Bonchev–Trinajstić information content (AvgIpc) is 3.03. The number of hydrogen-bond donors (Lipinski definition) is 2. The summed E-state index contributed by atoms with van der Waals surface area (Å²) in [5, 5.41) is 17.1. The summed E-state index contributed by atoms with van der Waals surface area (Å²) in [6, 6.07) is 12.7. The van der Waals surface area contributed by atoms with E-state index >= 15 is 0 Å². The van der Waals surface area contributed by atoms with E-state index in [1.807, 2.05) is 0 Å². The lowest BCUT2D eigenvalue weighted by Crippen LogP contribution is -2.14. The van der Waals surface area contributed by atoms with Crippen LogP contribution < -0.4 is 10.1 Å². The zero-order valence-electron chi connectivity index (χ0n) is 12.8. The SMILES string of the molecule is O=C(Nc1cccc(O)c1)c1ccn(COc2ccc(Cl)cc2Cl)n1. The Morgan fingerprint density at radius 1 is 1.20 bits per heavy atom. The van der Waals surface area contributed by atoms with Crippen molar-refractivity contribution in [2.45, 2.75) is 6.73 Å². The van der Waals surface area contributed by atoms with Gasteiger partial charge in [-0.05, 0) is 36.4 Å². The molecule has 0 spiro atoms. The summed E-state index contributed by atoms with van der Waals surface area (Å²) in [6.45, 7) is 0.0841. The molecule has 25 heavy (non-hydrogen) atoms. The third-order valence-corrected chi connectivity index (χ3v) is 3.75. The van der Waals surface area contributed by atoms with Crippen molar-refractivity contribution < 1.29 is 14.6 Å². The Kier molecular flexibility index (Phi) is 5.11. The van der Waals surface area contributed by atoms with Gasteiger partial charge in [-0.1, -0.05) is 29.3 Å². The zero-order chi connectivity index (χ0) is 17.8. The number of rotatable bonds is 5. The number of nitrogens with one attached hydrogen (secondary N) is 1. The first-order valence-electron chi connectivity index (χ1n) is 7.23. The van der Waals surface area contributed by atoms with Crippen molar-refractivity contribution in [3.8, 4) is 11.5 Å². The third kappa shape index (κ3) is 4.43. The number of carbonyl (C=O) groups is 1. The van der Waals surface area contributed by atoms with Crippen LogP contribution in [0, 0.1) is 0 Å². The molecule has 0 radical (unpaired) electrons. The van der Waals surface area contributed by atoms with Gasteiger partial charge in [0.15, 0.2) is 12.4 Å². The Balaban J connectivity index is 1.62. The number of ether oxygens (including phenoxy) is 1. The van der Waals surface area contributed by atoms with Crippen molar-refractivity contribution in [2.24, 2.45) is 0 Å². The molecule has 1 aromatic heterocycles. The molecule has 2 N–H and O–H groups in total. The molecule has 128 valence electrons. The molecule has 0 fully saturated rings. The molecule has 0 aliphatic carbocycles. The van der Waals surface area contributed by atoms with Gasteiger partial charge >= 0.3 is 0 Å². The molecule has 1 heterocycles. The van der Waals surface area contributed by atoms with Crippen molar-refractivity contribution in [2.75, 3.05) is 5.32 Å². The van der Waals surface area contributed by atoms with Gasteiger partial charge in [0.05, 0.1) is 5.02 Å². The summed E-state index contributed by atoms with van der Waals surface area (Å²) >= 11 is 11.9. The number of nitrogens with zero attached hydrogens (tertiary/aromatic N) is 2. The van der Waals surface area contributed by atoms with Gasteiger partial charge in [0.1, 0.15) is 11.5 Å². The average molecular weight is 378 g/mol. The highest BCUT2D eigenvalue weighted by Crippen LogP contribution is 2.27. The predicted molar refractivity (Wildman–Crippen MR) is 95.4 cm³/mol. The summed E-state index contributed by atoms with van der Waals surface area (Å²) in [5.74, 6) is 0.137. The molecule has 6 nitrogen and oxygen atoms in total. The van der Waals surface area contributed by atoms with Crippen molar-refractivity contribution in [3.05, 3.63) is 70.5 Å². The molecule has 1 amide bonds. The van der Waals surface area contributed by atoms with E-state index in [0.29, 0.717) is 21.5 Å². The molecule has 3 aromatic rings. The molecule has 0 aliphatic heterocycles. The fourth-order valence-electron chi connectivity index (χ4n) is 2.06. The molecule has 2 aromatic carbocycles. The molecular weight excluding hydrogens is 365 g/mol. The smallest absolute Gasteiger partial charge is 0.276 e. The van der Waals surface area contributed by atoms with Crippen molar-refractivity contribution in [1.29, 1.82) is 0 Å². The highest BCUT2D eigenvalue weighted by atomic mass is 35.5. The van der Waals surface area contributed by atoms with Crippen LogP contribution in [-0.2, 0) is 6.73 Å². The number of phenols is 1. The number of halogens is 2. The minimum absolute atomic E-state index is 0.0663. The van der Waals surface area contributed by atoms with Crippen LogP contribution in [-0.4, -0.2) is 20.8 Å². The number of aromatic hydroxyl groups is 1. The summed E-state index contributed by atoms with van der Waals surface area (Å²) < 4.78 is 7.01. The quantitative estimate of drug-likeness (QED) is 0.698. The fourth-order valence-corrected chi connectivity index (χ4v) is 2.52. The summed E-state index contributed by atoms with van der Waals surface area (Å²) in [7, 11) is 0. The van der Waals surface area contributed by atoms with Crippen molar-refractivity contribution >= 4 is 34.8 Å². The van der Waals surface area contributed by atoms with Crippen LogP contribution >= 0.6 is 23.2 Å². The van der Waals surface area contributed by atoms with Gasteiger partial charge in [-0.25, -0.2) is 4.68 Å². The van der Waals surface area contributed by atoms with Gasteiger partial charge in [0.2, 0.25) is 0 Å². The van der Waals surface area contributed by atoms with E-state index in [9.17, 15) is 9.90 Å². The van der Waals surface area contributed by atoms with Crippen LogP contribution in [0.5, 0.6) is 11.5 Å². The first-order valence-corrected chi connectivity index (χ1v) is 7.98. The second-order valence-corrected chi connectivity index (χ2v) is 5.94. The zero-order valence-corrected chi connectivity index (χ0v) is 14.3. The first kappa shape index (κ1) is 17.1. The highest BCUT2D eigenvalue weighted by Gasteiger charge is 2.11. The number of benzene rings is 2. The number of carbonyl (C=O) groups excluding carboxylic acids is 1. The van der Waals surface area contributed by atoms with Crippen LogP contribution in [0.3, 0.4) is 0 Å². The monoisotopic (exact) mass is 377 g/mol. The molecule has 3 rings (SSSR count). The lowest BCUT2D eigenvalue weighted by atomic mass is 10.3. The van der Waals surface area contributed by atoms with Crippen molar-refractivity contribution in [1.82, 2.24) is 9.78 Å². The number of aromatic nitrogens is 2. The number of anilines is 1. The minimum atomic E-state index is -0.395. The Hall–Kier alpha value is -2.70. The van der Waals surface area contributed by atoms with Gasteiger partial charge in [0.25, 0.3) is 5.91 Å². The lowest BCUT2D eigenvalue weighted by molar-refractivity contribution is 0.102. The Bertz CT molecular complexity index is 912. The maximum absolute atomic E-state index is 12.2. The molecule has 0 saturated heterocycles. The van der Waals surface area contributed by atoms with Crippen LogP contribution in [0.15, 0.2) is 54.7 Å². The van der Waals surface area contributed by atoms with Gasteiger partial charge in [0, 0.05) is 23.0 Å². The van der Waals surface area contributed by atoms with E-state index in [1.165, 1.54) is 16.8 Å². The molecule has 0 bridgehead atoms. The van der Waals surface area contributed by atoms with E-state index in [-0.39, 0.29) is 18.2 Å². The Morgan fingerprint density at radius 2 is 2.04 bits per heavy atom. The van der Waals surface area contributed by atoms with E-state index in [4.69, 9.17) is 27.9 Å². The topological polar surface area (TPSA) is 76.4 Å². The Labute approximate surface area is 153 Å². The number of hydrogen-bond acceptors (Lipinski definition) is 4. The first-order chi connectivity index (χ1) is 12.0. The minimum Gasteiger partial charge on any atom is -0.508 e. The standard InChI is InChI=1S/C17H13Cl2N3O3/c18-11-4-5-16(14(19)8-11)25-10-22-7-6-15(21-22)17(24)20-12-2-1-3-13(23)9-12/h1-9,23H,10H2,(H,20,24). The molecular formula is C17H13Cl2N3O3. The van der Waals surface area contributed by atoms with Gasteiger partial charge in [-0.2, -0.15) is 5.10 Å². The number of phenolic OH excluding ortho intramolecular Hbond substituents is 1. The van der Waals surface area contributed by atoms with E-state index < -0.39 is 5.91 Å². The second kappa shape index (κ2) is 7.46.